The molecule has 6 heteroatoms. The summed E-state index contributed by atoms with van der Waals surface area (Å²) in [5.74, 6) is -0.744. The van der Waals surface area contributed by atoms with Crippen LogP contribution in [0.2, 0.25) is 0 Å². The van der Waals surface area contributed by atoms with Gasteiger partial charge in [0.15, 0.2) is 0 Å². The van der Waals surface area contributed by atoms with Crippen LogP contribution >= 0.6 is 0 Å². The molecule has 2 aliphatic heterocycles. The Bertz CT molecular complexity index is 1270. The van der Waals surface area contributed by atoms with E-state index in [0.29, 0.717) is 23.4 Å². The molecule has 2 aromatic heterocycles. The molecule has 6 nitrogen and oxygen atoms in total. The number of rotatable bonds is 1. The van der Waals surface area contributed by atoms with E-state index in [1.807, 2.05) is 24.3 Å². The first-order valence-electron chi connectivity index (χ1n) is 9.02. The predicted molar refractivity (Wildman–Crippen MR) is 100 cm³/mol. The largest absolute Gasteiger partial charge is 0.426 e. The molecule has 0 fully saturated rings. The van der Waals surface area contributed by atoms with Crippen molar-refractivity contribution in [3.8, 4) is 5.75 Å². The molecule has 0 aliphatic carbocycles. The van der Waals surface area contributed by atoms with Crippen LogP contribution in [0.5, 0.6) is 5.75 Å². The van der Waals surface area contributed by atoms with Crippen molar-refractivity contribution >= 4 is 16.9 Å². The molecule has 0 N–H and O–H groups in total. The minimum atomic E-state index is -0.592. The Morgan fingerprint density at radius 3 is 2.74 bits per heavy atom. The Labute approximate surface area is 154 Å². The van der Waals surface area contributed by atoms with Gasteiger partial charge in [0.25, 0.3) is 11.1 Å². The SMILES string of the molecule is Cc1cc2c(c(=O)n1C)[C@H](c1cc3cccc4c3n(c1=O)CC4)CC(=O)O2. The first-order chi connectivity index (χ1) is 13.0. The van der Waals surface area contributed by atoms with Crippen LogP contribution in [-0.4, -0.2) is 15.1 Å². The molecular formula is C21H18N2O4. The molecule has 0 radical (unpaired) electrons. The third kappa shape index (κ3) is 2.16. The van der Waals surface area contributed by atoms with Crippen molar-refractivity contribution in [3.63, 3.8) is 0 Å². The Morgan fingerprint density at radius 2 is 1.93 bits per heavy atom. The van der Waals surface area contributed by atoms with Crippen molar-refractivity contribution in [1.82, 2.24) is 9.13 Å². The third-order valence-electron chi connectivity index (χ3n) is 5.82. The summed E-state index contributed by atoms with van der Waals surface area (Å²) in [5.41, 5.74) is 3.35. The Hall–Kier alpha value is -3.15. The number of carbonyl (C=O) groups excluding carboxylic acids is 1. The molecule has 2 aliphatic rings. The summed E-state index contributed by atoms with van der Waals surface area (Å²) in [6.45, 7) is 2.41. The molecule has 0 amide bonds. The zero-order valence-corrected chi connectivity index (χ0v) is 15.1. The molecule has 136 valence electrons. The lowest BCUT2D eigenvalue weighted by Crippen LogP contribution is -2.35. The van der Waals surface area contributed by atoms with Gasteiger partial charge in [0.1, 0.15) is 5.75 Å². The van der Waals surface area contributed by atoms with E-state index in [1.54, 1.807) is 24.6 Å². The Balaban J connectivity index is 1.82. The van der Waals surface area contributed by atoms with Crippen LogP contribution in [0.4, 0.5) is 0 Å². The van der Waals surface area contributed by atoms with Crippen molar-refractivity contribution < 1.29 is 9.53 Å². The third-order valence-corrected chi connectivity index (χ3v) is 5.82. The highest BCUT2D eigenvalue weighted by Gasteiger charge is 2.34. The second-order valence-corrected chi connectivity index (χ2v) is 7.32. The number of pyridine rings is 2. The number of esters is 1. The molecule has 0 bridgehead atoms. The molecular weight excluding hydrogens is 344 g/mol. The number of ether oxygens (including phenoxy) is 1. The summed E-state index contributed by atoms with van der Waals surface area (Å²) < 4.78 is 8.64. The Morgan fingerprint density at radius 1 is 1.11 bits per heavy atom. The minimum Gasteiger partial charge on any atom is -0.426 e. The molecule has 0 saturated carbocycles. The van der Waals surface area contributed by atoms with Gasteiger partial charge in [-0.3, -0.25) is 14.4 Å². The maximum atomic E-state index is 13.2. The van der Waals surface area contributed by atoms with Crippen molar-refractivity contribution in [3.05, 3.63) is 73.4 Å². The first kappa shape index (κ1) is 16.1. The minimum absolute atomic E-state index is 0.00820. The second kappa shape index (κ2) is 5.42. The molecule has 1 aromatic carbocycles. The summed E-state index contributed by atoms with van der Waals surface area (Å²) in [6.07, 6.45) is 0.812. The zero-order chi connectivity index (χ0) is 18.9. The Kier molecular flexibility index (Phi) is 3.22. The maximum absolute atomic E-state index is 13.2. The lowest BCUT2D eigenvalue weighted by molar-refractivity contribution is -0.135. The molecule has 4 heterocycles. The highest BCUT2D eigenvalue weighted by atomic mass is 16.5. The van der Waals surface area contributed by atoms with Gasteiger partial charge in [-0.15, -0.1) is 0 Å². The van der Waals surface area contributed by atoms with E-state index in [2.05, 4.69) is 0 Å². The number of aromatic nitrogens is 2. The number of aryl methyl sites for hydroxylation is 3. The quantitative estimate of drug-likeness (QED) is 0.621. The van der Waals surface area contributed by atoms with Crippen molar-refractivity contribution in [2.75, 3.05) is 0 Å². The van der Waals surface area contributed by atoms with Gasteiger partial charge >= 0.3 is 5.97 Å². The van der Waals surface area contributed by atoms with Gasteiger partial charge in [-0.2, -0.15) is 0 Å². The topological polar surface area (TPSA) is 70.3 Å². The summed E-state index contributed by atoms with van der Waals surface area (Å²) in [4.78, 5) is 38.4. The van der Waals surface area contributed by atoms with Crippen molar-refractivity contribution in [2.45, 2.75) is 32.2 Å². The van der Waals surface area contributed by atoms with Crippen LogP contribution < -0.4 is 15.9 Å². The number of para-hydroxylation sites is 1. The van der Waals surface area contributed by atoms with E-state index in [-0.39, 0.29) is 23.3 Å². The number of nitrogens with zero attached hydrogens (tertiary/aromatic N) is 2. The second-order valence-electron chi connectivity index (χ2n) is 7.32. The molecule has 3 aromatic rings. The summed E-state index contributed by atoms with van der Waals surface area (Å²) in [5, 5.41) is 0.962. The van der Waals surface area contributed by atoms with Crippen LogP contribution in [0.25, 0.3) is 10.9 Å². The number of hydrogen-bond acceptors (Lipinski definition) is 4. The lowest BCUT2D eigenvalue weighted by Gasteiger charge is -2.25. The van der Waals surface area contributed by atoms with Gasteiger partial charge in [0, 0.05) is 36.8 Å². The van der Waals surface area contributed by atoms with Gasteiger partial charge < -0.3 is 13.9 Å². The first-order valence-corrected chi connectivity index (χ1v) is 9.02. The highest BCUT2D eigenvalue weighted by molar-refractivity contribution is 5.85. The van der Waals surface area contributed by atoms with Crippen molar-refractivity contribution in [2.24, 2.45) is 7.05 Å². The monoisotopic (exact) mass is 362 g/mol. The van der Waals surface area contributed by atoms with Gasteiger partial charge in [-0.1, -0.05) is 18.2 Å². The van der Waals surface area contributed by atoms with E-state index in [1.165, 1.54) is 4.57 Å². The fourth-order valence-corrected chi connectivity index (χ4v) is 4.35. The van der Waals surface area contributed by atoms with E-state index in [0.717, 1.165) is 22.9 Å². The van der Waals surface area contributed by atoms with Crippen LogP contribution in [0.3, 0.4) is 0 Å². The fourth-order valence-electron chi connectivity index (χ4n) is 4.35. The average Bonchev–Trinajstić information content (AvgIpc) is 3.08. The molecule has 1 atom stereocenters. The molecule has 27 heavy (non-hydrogen) atoms. The standard InChI is InChI=1S/C21H18N2O4/c1-11-8-16-18(21(26)22(11)2)14(10-17(24)27-16)15-9-13-5-3-4-12-6-7-23(19(12)13)20(15)25/h3-5,8-9,14H,6-7,10H2,1-2H3/t14-/m0/s1. The normalized spacial score (nSPS) is 17.9. The summed E-state index contributed by atoms with van der Waals surface area (Å²) >= 11 is 0. The number of hydrogen-bond donors (Lipinski definition) is 0. The smallest absolute Gasteiger partial charge is 0.312 e. The van der Waals surface area contributed by atoms with Gasteiger partial charge in [0.05, 0.1) is 17.5 Å². The van der Waals surface area contributed by atoms with E-state index >= 15 is 0 Å². The van der Waals surface area contributed by atoms with Crippen LogP contribution in [0, 0.1) is 6.92 Å². The number of fused-ring (bicyclic) bond motifs is 1. The molecule has 0 unspecified atom stereocenters. The maximum Gasteiger partial charge on any atom is 0.312 e. The average molecular weight is 362 g/mol. The summed E-state index contributed by atoms with van der Waals surface area (Å²) in [6, 6.07) is 9.52. The fraction of sp³-hybridized carbons (Fsp3) is 0.286. The van der Waals surface area contributed by atoms with Crippen LogP contribution in [0.15, 0.2) is 39.9 Å². The predicted octanol–water partition coefficient (Wildman–Crippen LogP) is 2.01. The van der Waals surface area contributed by atoms with Gasteiger partial charge in [-0.05, 0) is 30.4 Å². The van der Waals surface area contributed by atoms with Crippen LogP contribution in [0.1, 0.15) is 34.7 Å². The highest BCUT2D eigenvalue weighted by Crippen LogP contribution is 2.37. The van der Waals surface area contributed by atoms with E-state index < -0.39 is 11.9 Å². The number of carbonyl (C=O) groups is 1. The molecule has 5 rings (SSSR count). The number of benzene rings is 1. The van der Waals surface area contributed by atoms with E-state index in [4.69, 9.17) is 4.74 Å². The van der Waals surface area contributed by atoms with E-state index in [9.17, 15) is 14.4 Å². The van der Waals surface area contributed by atoms with Gasteiger partial charge in [0.2, 0.25) is 0 Å². The zero-order valence-electron chi connectivity index (χ0n) is 15.1. The molecule has 0 saturated heterocycles. The van der Waals surface area contributed by atoms with Crippen molar-refractivity contribution in [1.29, 1.82) is 0 Å². The molecule has 0 spiro atoms. The van der Waals surface area contributed by atoms with Gasteiger partial charge in [-0.25, -0.2) is 0 Å². The van der Waals surface area contributed by atoms with Crippen LogP contribution in [-0.2, 0) is 24.8 Å². The lowest BCUT2D eigenvalue weighted by atomic mass is 9.87. The summed E-state index contributed by atoms with van der Waals surface area (Å²) in [7, 11) is 1.69.